The molecule has 0 bridgehead atoms. The smallest absolute Gasteiger partial charge is 0.102 e. The number of hydrogen-bond acceptors (Lipinski definition) is 2. The summed E-state index contributed by atoms with van der Waals surface area (Å²) in [6.45, 7) is 2.09. The van der Waals surface area contributed by atoms with Crippen molar-refractivity contribution in [3.05, 3.63) is 47.0 Å². The van der Waals surface area contributed by atoms with E-state index in [1.54, 1.807) is 0 Å². The van der Waals surface area contributed by atoms with Crippen molar-refractivity contribution >= 4 is 11.8 Å². The average Bonchev–Trinajstić information content (AvgIpc) is 2.54. The zero-order valence-electron chi connectivity index (χ0n) is 6.95. The van der Waals surface area contributed by atoms with Crippen LogP contribution in [0.2, 0.25) is 0 Å². The Morgan fingerprint density at radius 2 is 2.00 bits per heavy atom. The Morgan fingerprint density at radius 1 is 1.25 bits per heavy atom. The first kappa shape index (κ1) is 7.74. The van der Waals surface area contributed by atoms with Crippen LogP contribution in [0.15, 0.2) is 41.4 Å². The van der Waals surface area contributed by atoms with Gasteiger partial charge >= 0.3 is 0 Å². The van der Waals surface area contributed by atoms with Crippen LogP contribution in [0.5, 0.6) is 0 Å². The zero-order chi connectivity index (χ0) is 8.39. The van der Waals surface area contributed by atoms with Crippen LogP contribution in [-0.2, 0) is 0 Å². The second-order valence-electron chi connectivity index (χ2n) is 2.87. The van der Waals surface area contributed by atoms with E-state index in [2.05, 4.69) is 41.9 Å². The van der Waals surface area contributed by atoms with Crippen molar-refractivity contribution in [2.75, 3.05) is 0 Å². The third-order valence-electron chi connectivity index (χ3n) is 1.84. The largest absolute Gasteiger partial charge is 0.372 e. The molecule has 2 heteroatoms. The summed E-state index contributed by atoms with van der Waals surface area (Å²) in [5.41, 5.74) is 2.60. The van der Waals surface area contributed by atoms with E-state index in [-0.39, 0.29) is 0 Å². The molecule has 1 aromatic rings. The summed E-state index contributed by atoms with van der Waals surface area (Å²) in [6, 6.07) is 10.5. The van der Waals surface area contributed by atoms with Crippen LogP contribution in [0.25, 0.3) is 0 Å². The predicted molar refractivity (Wildman–Crippen MR) is 53.7 cm³/mol. The van der Waals surface area contributed by atoms with E-state index in [0.29, 0.717) is 5.37 Å². The van der Waals surface area contributed by atoms with Gasteiger partial charge in [0, 0.05) is 5.70 Å². The minimum Gasteiger partial charge on any atom is -0.372 e. The molecule has 1 heterocycles. The Labute approximate surface area is 76.9 Å². The highest BCUT2D eigenvalue weighted by atomic mass is 32.2. The van der Waals surface area contributed by atoms with Crippen LogP contribution >= 0.6 is 11.8 Å². The maximum atomic E-state index is 3.39. The van der Waals surface area contributed by atoms with Crippen LogP contribution in [0.3, 0.4) is 0 Å². The number of hydrogen-bond donors (Lipinski definition) is 1. The fourth-order valence-corrected chi connectivity index (χ4v) is 2.21. The number of nitrogens with one attached hydrogen (secondary N) is 1. The summed E-state index contributed by atoms with van der Waals surface area (Å²) in [4.78, 5) is 0. The highest BCUT2D eigenvalue weighted by molar-refractivity contribution is 8.02. The lowest BCUT2D eigenvalue weighted by atomic mass is 10.2. The quantitative estimate of drug-likeness (QED) is 0.708. The maximum absolute atomic E-state index is 3.39. The number of thioether (sulfide) groups is 1. The number of allylic oxidation sites excluding steroid dienone is 1. The predicted octanol–water partition coefficient (Wildman–Crippen LogP) is 2.88. The summed E-state index contributed by atoms with van der Waals surface area (Å²) in [6.07, 6.45) is 0. The Bertz CT molecular complexity index is 292. The normalized spacial score (nSPS) is 21.8. The Balaban J connectivity index is 2.14. The summed E-state index contributed by atoms with van der Waals surface area (Å²) in [5.74, 6) is 0. The van der Waals surface area contributed by atoms with Crippen LogP contribution in [-0.4, -0.2) is 0 Å². The van der Waals surface area contributed by atoms with Crippen molar-refractivity contribution in [3.63, 3.8) is 0 Å². The molecule has 0 fully saturated rings. The first-order chi connectivity index (χ1) is 5.86. The fraction of sp³-hybridized carbons (Fsp3) is 0.200. The summed E-state index contributed by atoms with van der Waals surface area (Å²) < 4.78 is 0. The molecule has 1 atom stereocenters. The second-order valence-corrected chi connectivity index (χ2v) is 3.85. The number of rotatable bonds is 1. The average molecular weight is 177 g/mol. The molecule has 1 nitrogen and oxygen atoms in total. The molecule has 1 aromatic carbocycles. The molecule has 0 saturated carbocycles. The van der Waals surface area contributed by atoms with Crippen LogP contribution in [0.1, 0.15) is 17.9 Å². The van der Waals surface area contributed by atoms with E-state index in [9.17, 15) is 0 Å². The molecule has 1 aliphatic heterocycles. The van der Waals surface area contributed by atoms with Crippen LogP contribution in [0.4, 0.5) is 0 Å². The molecule has 12 heavy (non-hydrogen) atoms. The molecule has 0 amide bonds. The molecule has 0 saturated heterocycles. The highest BCUT2D eigenvalue weighted by Crippen LogP contribution is 2.33. The molecule has 2 rings (SSSR count). The molecule has 0 spiro atoms. The lowest BCUT2D eigenvalue weighted by Crippen LogP contribution is -2.10. The molecular formula is C10H11NS. The van der Waals surface area contributed by atoms with Gasteiger partial charge in [0.25, 0.3) is 0 Å². The highest BCUT2D eigenvalue weighted by Gasteiger charge is 2.14. The van der Waals surface area contributed by atoms with E-state index in [4.69, 9.17) is 0 Å². The summed E-state index contributed by atoms with van der Waals surface area (Å²) in [5, 5.41) is 5.98. The van der Waals surface area contributed by atoms with Crippen molar-refractivity contribution in [1.29, 1.82) is 0 Å². The SMILES string of the molecule is CC1=CSC(c2ccccc2)N1. The van der Waals surface area contributed by atoms with Gasteiger partial charge in [0.1, 0.15) is 5.37 Å². The standard InChI is InChI=1S/C10H11NS/c1-8-7-12-10(11-8)9-5-3-2-4-6-9/h2-7,10-11H,1H3. The molecule has 1 unspecified atom stereocenters. The fourth-order valence-electron chi connectivity index (χ4n) is 1.23. The van der Waals surface area contributed by atoms with Gasteiger partial charge in [-0.3, -0.25) is 0 Å². The molecule has 0 aliphatic carbocycles. The lowest BCUT2D eigenvalue weighted by Gasteiger charge is -2.10. The van der Waals surface area contributed by atoms with Crippen molar-refractivity contribution in [2.24, 2.45) is 0 Å². The van der Waals surface area contributed by atoms with E-state index < -0.39 is 0 Å². The van der Waals surface area contributed by atoms with Gasteiger partial charge in [-0.1, -0.05) is 30.3 Å². The van der Waals surface area contributed by atoms with E-state index >= 15 is 0 Å². The summed E-state index contributed by atoms with van der Waals surface area (Å²) in [7, 11) is 0. The topological polar surface area (TPSA) is 12.0 Å². The van der Waals surface area contributed by atoms with Crippen molar-refractivity contribution in [3.8, 4) is 0 Å². The minimum absolute atomic E-state index is 0.422. The minimum atomic E-state index is 0.422. The van der Waals surface area contributed by atoms with Gasteiger partial charge in [0.15, 0.2) is 0 Å². The molecular weight excluding hydrogens is 166 g/mol. The van der Waals surface area contributed by atoms with Gasteiger partial charge in [0.05, 0.1) is 0 Å². The second kappa shape index (κ2) is 3.23. The van der Waals surface area contributed by atoms with E-state index in [0.717, 1.165) is 0 Å². The first-order valence-corrected chi connectivity index (χ1v) is 4.94. The van der Waals surface area contributed by atoms with Crippen LogP contribution < -0.4 is 5.32 Å². The molecule has 1 N–H and O–H groups in total. The van der Waals surface area contributed by atoms with Crippen LogP contribution in [0, 0.1) is 0 Å². The van der Waals surface area contributed by atoms with Gasteiger partial charge in [-0.15, -0.1) is 11.8 Å². The lowest BCUT2D eigenvalue weighted by molar-refractivity contribution is 0.811. The monoisotopic (exact) mass is 177 g/mol. The third-order valence-corrected chi connectivity index (χ3v) is 2.99. The Morgan fingerprint density at radius 3 is 2.58 bits per heavy atom. The molecule has 0 aromatic heterocycles. The van der Waals surface area contributed by atoms with E-state index in [1.807, 2.05) is 17.8 Å². The zero-order valence-corrected chi connectivity index (χ0v) is 7.77. The Kier molecular flexibility index (Phi) is 2.09. The van der Waals surface area contributed by atoms with Gasteiger partial charge < -0.3 is 5.32 Å². The molecule has 62 valence electrons. The van der Waals surface area contributed by atoms with Crippen molar-refractivity contribution in [1.82, 2.24) is 5.32 Å². The summed E-state index contributed by atoms with van der Waals surface area (Å²) >= 11 is 1.83. The molecule has 1 aliphatic rings. The van der Waals surface area contributed by atoms with Gasteiger partial charge in [-0.05, 0) is 17.9 Å². The number of benzene rings is 1. The van der Waals surface area contributed by atoms with Gasteiger partial charge in [-0.25, -0.2) is 0 Å². The maximum Gasteiger partial charge on any atom is 0.102 e. The van der Waals surface area contributed by atoms with Gasteiger partial charge in [-0.2, -0.15) is 0 Å². The van der Waals surface area contributed by atoms with Crippen molar-refractivity contribution < 1.29 is 0 Å². The van der Waals surface area contributed by atoms with Gasteiger partial charge in [0.2, 0.25) is 0 Å². The first-order valence-electron chi connectivity index (χ1n) is 4.00. The van der Waals surface area contributed by atoms with Crippen molar-refractivity contribution in [2.45, 2.75) is 12.3 Å². The molecule has 0 radical (unpaired) electrons. The Hall–Kier alpha value is -0.890. The third kappa shape index (κ3) is 1.48. The van der Waals surface area contributed by atoms with E-state index in [1.165, 1.54) is 11.3 Å².